The van der Waals surface area contributed by atoms with Crippen molar-refractivity contribution in [3.8, 4) is 11.5 Å². The van der Waals surface area contributed by atoms with Gasteiger partial charge in [0.15, 0.2) is 22.4 Å². The van der Waals surface area contributed by atoms with Crippen molar-refractivity contribution >= 4 is 35.0 Å². The number of amides is 1. The van der Waals surface area contributed by atoms with Gasteiger partial charge in [0.05, 0.1) is 5.69 Å². The molecule has 0 saturated carbocycles. The lowest BCUT2D eigenvalue weighted by atomic mass is 9.88. The molecule has 1 aromatic carbocycles. The van der Waals surface area contributed by atoms with Crippen LogP contribution in [0, 0.1) is 5.92 Å². The van der Waals surface area contributed by atoms with Gasteiger partial charge >= 0.3 is 0 Å². The summed E-state index contributed by atoms with van der Waals surface area (Å²) in [5.74, 6) is 1.16. The van der Waals surface area contributed by atoms with Gasteiger partial charge < -0.3 is 14.4 Å². The first-order valence-corrected chi connectivity index (χ1v) is 11.0. The van der Waals surface area contributed by atoms with Crippen LogP contribution in [0.1, 0.15) is 28.9 Å². The Balaban J connectivity index is 1.21. The summed E-state index contributed by atoms with van der Waals surface area (Å²) >= 11 is 6.23. The fraction of sp³-hybridized carbons (Fsp3) is 0.292. The fourth-order valence-corrected chi connectivity index (χ4v) is 4.43. The Hall–Kier alpha value is -3.32. The lowest BCUT2D eigenvalue weighted by molar-refractivity contribution is -0.127. The number of fused-ring (bicyclic) bond motifs is 2. The van der Waals surface area contributed by atoms with Gasteiger partial charge in [0.2, 0.25) is 5.91 Å². The summed E-state index contributed by atoms with van der Waals surface area (Å²) in [5, 5.41) is 0.351. The van der Waals surface area contributed by atoms with E-state index in [-0.39, 0.29) is 17.6 Å². The van der Waals surface area contributed by atoms with Crippen molar-refractivity contribution in [2.24, 2.45) is 5.92 Å². The molecule has 8 heteroatoms. The van der Waals surface area contributed by atoms with Crippen LogP contribution in [0.4, 0.5) is 0 Å². The van der Waals surface area contributed by atoms with Crippen LogP contribution in [0.25, 0.3) is 11.7 Å². The van der Waals surface area contributed by atoms with E-state index in [9.17, 15) is 9.59 Å². The Morgan fingerprint density at radius 3 is 2.66 bits per heavy atom. The molecule has 0 aliphatic carbocycles. The van der Waals surface area contributed by atoms with E-state index in [1.54, 1.807) is 29.2 Å². The number of piperidine rings is 1. The Kier molecular flexibility index (Phi) is 5.57. The number of ether oxygens (including phenoxy) is 2. The predicted octanol–water partition coefficient (Wildman–Crippen LogP) is 3.89. The standard InChI is InChI=1S/C24H22ClN3O4/c25-24-18(28-10-2-1-3-21(28)26-24)5-7-22(29)27-11-8-16(9-12-27)23(30)17-4-6-19-20(15-17)32-14-13-31-19/h1-7,10,15-16H,8-9,11-14H2/b7-5+. The first kappa shape index (κ1) is 20.6. The number of likely N-dealkylation sites (tertiary alicyclic amines) is 1. The Labute approximate surface area is 190 Å². The Morgan fingerprint density at radius 2 is 1.84 bits per heavy atom. The second kappa shape index (κ2) is 8.67. The number of rotatable bonds is 4. The van der Waals surface area contributed by atoms with Gasteiger partial charge in [0.25, 0.3) is 0 Å². The number of halogens is 1. The number of pyridine rings is 1. The molecular weight excluding hydrogens is 430 g/mol. The van der Waals surface area contributed by atoms with Gasteiger partial charge in [-0.25, -0.2) is 4.98 Å². The molecule has 0 spiro atoms. The summed E-state index contributed by atoms with van der Waals surface area (Å²) in [4.78, 5) is 31.7. The van der Waals surface area contributed by atoms with E-state index in [1.165, 1.54) is 6.08 Å². The smallest absolute Gasteiger partial charge is 0.246 e. The van der Waals surface area contributed by atoms with E-state index < -0.39 is 0 Å². The Bertz CT molecular complexity index is 1210. The molecular formula is C24H22ClN3O4. The van der Waals surface area contributed by atoms with Crippen LogP contribution in [-0.2, 0) is 4.79 Å². The number of ketones is 1. The molecule has 0 radical (unpaired) electrons. The van der Waals surface area contributed by atoms with Crippen LogP contribution in [0.2, 0.25) is 5.15 Å². The first-order valence-electron chi connectivity index (χ1n) is 10.6. The summed E-state index contributed by atoms with van der Waals surface area (Å²) in [6.45, 7) is 2.07. The highest BCUT2D eigenvalue weighted by molar-refractivity contribution is 6.31. The van der Waals surface area contributed by atoms with Gasteiger partial charge in [0, 0.05) is 36.8 Å². The number of Topliss-reactive ketones (excluding diaryl/α,β-unsaturated/α-hetero) is 1. The normalized spacial score (nSPS) is 16.6. The largest absolute Gasteiger partial charge is 0.486 e. The Morgan fingerprint density at radius 1 is 1.06 bits per heavy atom. The topological polar surface area (TPSA) is 73.1 Å². The van der Waals surface area contributed by atoms with E-state index in [1.807, 2.05) is 28.8 Å². The van der Waals surface area contributed by atoms with Crippen LogP contribution in [-0.4, -0.2) is 52.3 Å². The molecule has 7 nitrogen and oxygen atoms in total. The molecule has 0 bridgehead atoms. The third-order valence-corrected chi connectivity index (χ3v) is 6.19. The van der Waals surface area contributed by atoms with Crippen molar-refractivity contribution in [1.82, 2.24) is 14.3 Å². The lowest BCUT2D eigenvalue weighted by Crippen LogP contribution is -2.39. The number of benzene rings is 1. The van der Waals surface area contributed by atoms with Crippen molar-refractivity contribution < 1.29 is 19.1 Å². The molecule has 164 valence electrons. The third kappa shape index (κ3) is 3.96. The molecule has 1 fully saturated rings. The minimum absolute atomic E-state index is 0.0853. The van der Waals surface area contributed by atoms with Gasteiger partial charge in [-0.2, -0.15) is 0 Å². The summed E-state index contributed by atoms with van der Waals surface area (Å²) in [7, 11) is 0. The highest BCUT2D eigenvalue weighted by atomic mass is 35.5. The van der Waals surface area contributed by atoms with Crippen LogP contribution < -0.4 is 9.47 Å². The van der Waals surface area contributed by atoms with Crippen molar-refractivity contribution in [3.63, 3.8) is 0 Å². The summed E-state index contributed by atoms with van der Waals surface area (Å²) < 4.78 is 13.0. The van der Waals surface area contributed by atoms with Gasteiger partial charge in [-0.15, -0.1) is 0 Å². The highest BCUT2D eigenvalue weighted by Crippen LogP contribution is 2.32. The average Bonchev–Trinajstić information content (AvgIpc) is 3.16. The highest BCUT2D eigenvalue weighted by Gasteiger charge is 2.28. The molecule has 2 aliphatic heterocycles. The van der Waals surface area contributed by atoms with Crippen molar-refractivity contribution in [3.05, 3.63) is 65.1 Å². The summed E-state index contributed by atoms with van der Waals surface area (Å²) in [6.07, 6.45) is 6.32. The number of aromatic nitrogens is 2. The summed E-state index contributed by atoms with van der Waals surface area (Å²) in [6, 6.07) is 11.0. The maximum Gasteiger partial charge on any atom is 0.246 e. The molecule has 0 unspecified atom stereocenters. The number of hydrogen-bond acceptors (Lipinski definition) is 5. The molecule has 0 atom stereocenters. The molecule has 1 amide bonds. The molecule has 2 aromatic heterocycles. The monoisotopic (exact) mass is 451 g/mol. The van der Waals surface area contributed by atoms with E-state index in [0.29, 0.717) is 67.1 Å². The zero-order chi connectivity index (χ0) is 22.1. The second-order valence-corrected chi connectivity index (χ2v) is 8.23. The number of imidazole rings is 1. The number of carbonyl (C=O) groups excluding carboxylic acids is 2. The number of hydrogen-bond donors (Lipinski definition) is 0. The van der Waals surface area contributed by atoms with Gasteiger partial charge in [-0.3, -0.25) is 14.0 Å². The quantitative estimate of drug-likeness (QED) is 0.444. The predicted molar refractivity (Wildman–Crippen MR) is 120 cm³/mol. The number of carbonyl (C=O) groups is 2. The van der Waals surface area contributed by atoms with E-state index in [4.69, 9.17) is 21.1 Å². The van der Waals surface area contributed by atoms with Gasteiger partial charge in [0.1, 0.15) is 18.9 Å². The first-order chi connectivity index (χ1) is 15.6. The van der Waals surface area contributed by atoms with Crippen LogP contribution in [0.15, 0.2) is 48.7 Å². The SMILES string of the molecule is O=C(c1ccc2c(c1)OCCO2)C1CCN(C(=O)/C=C/c2c(Cl)nc3ccccn23)CC1. The van der Waals surface area contributed by atoms with Crippen molar-refractivity contribution in [1.29, 1.82) is 0 Å². The number of nitrogens with zero attached hydrogens (tertiary/aromatic N) is 3. The molecule has 3 aromatic rings. The molecule has 2 aliphatic rings. The molecule has 1 saturated heterocycles. The van der Waals surface area contributed by atoms with E-state index >= 15 is 0 Å². The summed E-state index contributed by atoms with van der Waals surface area (Å²) in [5.41, 5.74) is 2.02. The van der Waals surface area contributed by atoms with Crippen molar-refractivity contribution in [2.75, 3.05) is 26.3 Å². The molecule has 0 N–H and O–H groups in total. The molecule has 32 heavy (non-hydrogen) atoms. The third-order valence-electron chi connectivity index (χ3n) is 5.91. The zero-order valence-electron chi connectivity index (χ0n) is 17.4. The van der Waals surface area contributed by atoms with Crippen LogP contribution >= 0.6 is 11.6 Å². The van der Waals surface area contributed by atoms with Crippen LogP contribution in [0.5, 0.6) is 11.5 Å². The second-order valence-electron chi connectivity index (χ2n) is 7.87. The van der Waals surface area contributed by atoms with Crippen molar-refractivity contribution in [2.45, 2.75) is 12.8 Å². The van der Waals surface area contributed by atoms with Crippen LogP contribution in [0.3, 0.4) is 0 Å². The fourth-order valence-electron chi connectivity index (χ4n) is 4.19. The zero-order valence-corrected chi connectivity index (χ0v) is 18.1. The van der Waals surface area contributed by atoms with E-state index in [0.717, 1.165) is 5.65 Å². The van der Waals surface area contributed by atoms with Gasteiger partial charge in [-0.1, -0.05) is 17.7 Å². The minimum atomic E-state index is -0.112. The molecule has 5 rings (SSSR count). The van der Waals surface area contributed by atoms with E-state index in [2.05, 4.69) is 4.98 Å². The minimum Gasteiger partial charge on any atom is -0.486 e. The van der Waals surface area contributed by atoms with Gasteiger partial charge in [-0.05, 0) is 49.2 Å². The maximum absolute atomic E-state index is 13.0. The molecule has 4 heterocycles. The lowest BCUT2D eigenvalue weighted by Gasteiger charge is -2.30. The maximum atomic E-state index is 13.0. The average molecular weight is 452 g/mol.